The maximum absolute atomic E-state index is 5.92. The Labute approximate surface area is 129 Å². The van der Waals surface area contributed by atoms with Crippen LogP contribution in [0.4, 0.5) is 0 Å². The van der Waals surface area contributed by atoms with Crippen molar-refractivity contribution >= 4 is 15.9 Å². The average molecular weight is 334 g/mol. The summed E-state index contributed by atoms with van der Waals surface area (Å²) in [6.07, 6.45) is 1.16. The first-order valence-electron chi connectivity index (χ1n) is 6.92. The van der Waals surface area contributed by atoms with Crippen molar-refractivity contribution in [3.05, 3.63) is 58.1 Å². The zero-order chi connectivity index (χ0) is 14.4. The van der Waals surface area contributed by atoms with Crippen molar-refractivity contribution in [3.63, 3.8) is 0 Å². The number of nitrogens with one attached hydrogen (secondary N) is 1. The Morgan fingerprint density at radius 2 is 2.00 bits per heavy atom. The van der Waals surface area contributed by atoms with Crippen molar-refractivity contribution in [3.8, 4) is 11.5 Å². The molecule has 1 N–H and O–H groups in total. The Morgan fingerprint density at radius 1 is 1.15 bits per heavy atom. The van der Waals surface area contributed by atoms with Crippen LogP contribution in [0.5, 0.6) is 11.5 Å². The third kappa shape index (κ3) is 4.36. The quantitative estimate of drug-likeness (QED) is 0.747. The van der Waals surface area contributed by atoms with Gasteiger partial charge in [-0.1, -0.05) is 41.1 Å². The normalized spacial score (nSPS) is 10.6. The van der Waals surface area contributed by atoms with E-state index < -0.39 is 0 Å². The molecular weight excluding hydrogens is 314 g/mol. The first-order chi connectivity index (χ1) is 9.69. The van der Waals surface area contributed by atoms with E-state index in [1.54, 1.807) is 0 Å². The summed E-state index contributed by atoms with van der Waals surface area (Å²) >= 11 is 3.45. The molecule has 0 saturated heterocycles. The molecule has 20 heavy (non-hydrogen) atoms. The molecule has 0 aliphatic rings. The molecule has 106 valence electrons. The van der Waals surface area contributed by atoms with Crippen molar-refractivity contribution in [1.29, 1.82) is 0 Å². The highest BCUT2D eigenvalue weighted by atomic mass is 79.9. The van der Waals surface area contributed by atoms with E-state index >= 15 is 0 Å². The van der Waals surface area contributed by atoms with Gasteiger partial charge in [0.25, 0.3) is 0 Å². The second-order valence-electron chi connectivity index (χ2n) is 4.84. The van der Waals surface area contributed by atoms with Crippen molar-refractivity contribution in [1.82, 2.24) is 5.32 Å². The fraction of sp³-hybridized carbons (Fsp3) is 0.294. The molecule has 2 aromatic carbocycles. The molecule has 0 aliphatic heterocycles. The van der Waals surface area contributed by atoms with Crippen molar-refractivity contribution in [2.75, 3.05) is 6.54 Å². The van der Waals surface area contributed by atoms with Gasteiger partial charge in [-0.25, -0.2) is 0 Å². The standard InChI is InChI=1S/C17H20BrNO/c1-3-9-19-12-14-7-8-17(13(2)10-14)20-16-6-4-5-15(18)11-16/h4-8,10-11,19H,3,9,12H2,1-2H3. The minimum atomic E-state index is 0.847. The lowest BCUT2D eigenvalue weighted by molar-refractivity contribution is 0.478. The highest BCUT2D eigenvalue weighted by Gasteiger charge is 2.03. The van der Waals surface area contributed by atoms with Gasteiger partial charge < -0.3 is 10.1 Å². The SMILES string of the molecule is CCCNCc1ccc(Oc2cccc(Br)c2)c(C)c1. The second kappa shape index (κ2) is 7.46. The summed E-state index contributed by atoms with van der Waals surface area (Å²) in [7, 11) is 0. The summed E-state index contributed by atoms with van der Waals surface area (Å²) in [5.41, 5.74) is 2.44. The number of aryl methyl sites for hydroxylation is 1. The number of halogens is 1. The van der Waals surface area contributed by atoms with E-state index in [9.17, 15) is 0 Å². The van der Waals surface area contributed by atoms with Gasteiger partial charge >= 0.3 is 0 Å². The molecule has 0 atom stereocenters. The van der Waals surface area contributed by atoms with Crippen molar-refractivity contribution < 1.29 is 4.74 Å². The van der Waals surface area contributed by atoms with Crippen LogP contribution in [0.15, 0.2) is 46.9 Å². The molecule has 0 radical (unpaired) electrons. The maximum Gasteiger partial charge on any atom is 0.130 e. The number of hydrogen-bond donors (Lipinski definition) is 1. The molecule has 3 heteroatoms. The monoisotopic (exact) mass is 333 g/mol. The third-order valence-corrected chi connectivity index (χ3v) is 3.51. The summed E-state index contributed by atoms with van der Waals surface area (Å²) < 4.78 is 6.94. The Hall–Kier alpha value is -1.32. The molecule has 2 rings (SSSR count). The molecule has 0 heterocycles. The van der Waals surface area contributed by atoms with Crippen LogP contribution in [-0.4, -0.2) is 6.54 Å². The van der Waals surface area contributed by atoms with Gasteiger partial charge in [-0.05, 0) is 55.3 Å². The summed E-state index contributed by atoms with van der Waals surface area (Å²) in [6.45, 7) is 6.21. The average Bonchev–Trinajstić information content (AvgIpc) is 2.42. The predicted octanol–water partition coefficient (Wildman–Crippen LogP) is 5.05. The van der Waals surface area contributed by atoms with E-state index in [2.05, 4.69) is 47.2 Å². The molecule has 0 saturated carbocycles. The summed E-state index contributed by atoms with van der Waals surface area (Å²) in [5, 5.41) is 3.41. The van der Waals surface area contributed by atoms with E-state index in [1.807, 2.05) is 30.3 Å². The zero-order valence-electron chi connectivity index (χ0n) is 11.9. The van der Waals surface area contributed by atoms with Crippen LogP contribution in [0.2, 0.25) is 0 Å². The number of hydrogen-bond acceptors (Lipinski definition) is 2. The minimum Gasteiger partial charge on any atom is -0.457 e. The Balaban J connectivity index is 2.06. The largest absolute Gasteiger partial charge is 0.457 e. The minimum absolute atomic E-state index is 0.847. The van der Waals surface area contributed by atoms with Gasteiger partial charge in [0.1, 0.15) is 11.5 Å². The first-order valence-corrected chi connectivity index (χ1v) is 7.72. The Kier molecular flexibility index (Phi) is 5.62. The molecule has 0 amide bonds. The van der Waals surface area contributed by atoms with Crippen LogP contribution in [0.25, 0.3) is 0 Å². The van der Waals surface area contributed by atoms with E-state index in [-0.39, 0.29) is 0 Å². The van der Waals surface area contributed by atoms with Gasteiger partial charge in [-0.15, -0.1) is 0 Å². The number of ether oxygens (including phenoxy) is 1. The zero-order valence-corrected chi connectivity index (χ0v) is 13.5. The first kappa shape index (κ1) is 15.1. The smallest absolute Gasteiger partial charge is 0.130 e. The van der Waals surface area contributed by atoms with E-state index in [0.717, 1.165) is 41.0 Å². The lowest BCUT2D eigenvalue weighted by Gasteiger charge is -2.11. The molecule has 0 bridgehead atoms. The van der Waals surface area contributed by atoms with Crippen molar-refractivity contribution in [2.45, 2.75) is 26.8 Å². The van der Waals surface area contributed by atoms with E-state index in [4.69, 9.17) is 4.74 Å². The van der Waals surface area contributed by atoms with E-state index in [1.165, 1.54) is 5.56 Å². The van der Waals surface area contributed by atoms with Gasteiger partial charge in [-0.3, -0.25) is 0 Å². The molecule has 0 fully saturated rings. The molecule has 0 spiro atoms. The fourth-order valence-corrected chi connectivity index (χ4v) is 2.38. The Bertz CT molecular complexity index is 569. The van der Waals surface area contributed by atoms with E-state index in [0.29, 0.717) is 0 Å². The van der Waals surface area contributed by atoms with Crippen LogP contribution in [0.3, 0.4) is 0 Å². The van der Waals surface area contributed by atoms with Gasteiger partial charge in [-0.2, -0.15) is 0 Å². The van der Waals surface area contributed by atoms with Crippen LogP contribution >= 0.6 is 15.9 Å². The molecule has 0 aliphatic carbocycles. The van der Waals surface area contributed by atoms with Gasteiger partial charge in [0.05, 0.1) is 0 Å². The van der Waals surface area contributed by atoms with Crippen LogP contribution < -0.4 is 10.1 Å². The third-order valence-electron chi connectivity index (χ3n) is 3.02. The highest BCUT2D eigenvalue weighted by Crippen LogP contribution is 2.27. The van der Waals surface area contributed by atoms with Crippen LogP contribution in [0, 0.1) is 6.92 Å². The molecule has 0 aromatic heterocycles. The predicted molar refractivity (Wildman–Crippen MR) is 87.4 cm³/mol. The second-order valence-corrected chi connectivity index (χ2v) is 5.75. The number of rotatable bonds is 6. The van der Waals surface area contributed by atoms with Crippen LogP contribution in [0.1, 0.15) is 24.5 Å². The molecule has 0 unspecified atom stereocenters. The lowest BCUT2D eigenvalue weighted by Crippen LogP contribution is -2.13. The molecule has 2 nitrogen and oxygen atoms in total. The Morgan fingerprint density at radius 3 is 2.70 bits per heavy atom. The summed E-state index contributed by atoms with van der Waals surface area (Å²) in [6, 6.07) is 14.2. The van der Waals surface area contributed by atoms with Gasteiger partial charge in [0, 0.05) is 11.0 Å². The molecular formula is C17H20BrNO. The lowest BCUT2D eigenvalue weighted by atomic mass is 10.1. The van der Waals surface area contributed by atoms with Crippen molar-refractivity contribution in [2.24, 2.45) is 0 Å². The summed E-state index contributed by atoms with van der Waals surface area (Å²) in [5.74, 6) is 1.75. The maximum atomic E-state index is 5.92. The van der Waals surface area contributed by atoms with Crippen LogP contribution in [-0.2, 0) is 6.54 Å². The number of benzene rings is 2. The summed E-state index contributed by atoms with van der Waals surface area (Å²) in [4.78, 5) is 0. The topological polar surface area (TPSA) is 21.3 Å². The van der Waals surface area contributed by atoms with Gasteiger partial charge in [0.2, 0.25) is 0 Å². The fourth-order valence-electron chi connectivity index (χ4n) is 2.00. The van der Waals surface area contributed by atoms with Gasteiger partial charge in [0.15, 0.2) is 0 Å². The highest BCUT2D eigenvalue weighted by molar-refractivity contribution is 9.10. The molecule has 2 aromatic rings.